The van der Waals surface area contributed by atoms with Crippen molar-refractivity contribution in [2.75, 3.05) is 12.0 Å². The van der Waals surface area contributed by atoms with Crippen LogP contribution >= 0.6 is 0 Å². The molecule has 1 aliphatic rings. The lowest BCUT2D eigenvalue weighted by Gasteiger charge is -2.30. The Morgan fingerprint density at radius 2 is 1.91 bits per heavy atom. The highest BCUT2D eigenvalue weighted by Crippen LogP contribution is 2.30. The molecule has 1 heterocycles. The van der Waals surface area contributed by atoms with Crippen molar-refractivity contribution in [2.24, 2.45) is 0 Å². The van der Waals surface area contributed by atoms with Gasteiger partial charge in [-0.25, -0.2) is 0 Å². The van der Waals surface area contributed by atoms with Gasteiger partial charge in [0.1, 0.15) is 11.8 Å². The molecule has 2 aromatic carbocycles. The topological polar surface area (TPSA) is 53.3 Å². The maximum absolute atomic E-state index is 12.8. The van der Waals surface area contributed by atoms with Gasteiger partial charge in [0.25, 0.3) is 5.91 Å². The van der Waals surface area contributed by atoms with Gasteiger partial charge in [-0.2, -0.15) is 5.26 Å². The third kappa shape index (κ3) is 2.33. The van der Waals surface area contributed by atoms with Crippen LogP contribution in [0.3, 0.4) is 0 Å². The van der Waals surface area contributed by atoms with E-state index in [1.807, 2.05) is 30.3 Å². The summed E-state index contributed by atoms with van der Waals surface area (Å²) in [5, 5.41) is 9.35. The van der Waals surface area contributed by atoms with Crippen LogP contribution in [0.25, 0.3) is 6.08 Å². The number of carbonyl (C=O) groups excluding carboxylic acids is 1. The molecule has 0 fully saturated rings. The Balaban J connectivity index is 2.02. The highest BCUT2D eigenvalue weighted by molar-refractivity contribution is 6.09. The van der Waals surface area contributed by atoms with Gasteiger partial charge in [0.05, 0.1) is 18.9 Å². The van der Waals surface area contributed by atoms with Crippen molar-refractivity contribution in [3.05, 3.63) is 65.7 Å². The van der Waals surface area contributed by atoms with E-state index < -0.39 is 6.04 Å². The van der Waals surface area contributed by atoms with Crippen molar-refractivity contribution in [1.29, 1.82) is 5.26 Å². The van der Waals surface area contributed by atoms with Crippen molar-refractivity contribution in [2.45, 2.75) is 6.04 Å². The Kier molecular flexibility index (Phi) is 3.63. The van der Waals surface area contributed by atoms with Crippen LogP contribution in [-0.2, 0) is 0 Å². The molecule has 2 aromatic rings. The SMILES string of the molecule is COc1ccc(C(=O)N2c3ccccc3C=C[C@@H]2C#N)cc1. The highest BCUT2D eigenvalue weighted by atomic mass is 16.5. The minimum Gasteiger partial charge on any atom is -0.497 e. The number of anilines is 1. The minimum absolute atomic E-state index is 0.203. The molecule has 0 unspecified atom stereocenters. The predicted molar refractivity (Wildman–Crippen MR) is 84.7 cm³/mol. The Hall–Kier alpha value is -3.06. The van der Waals surface area contributed by atoms with Gasteiger partial charge in [-0.3, -0.25) is 9.69 Å². The molecule has 0 aliphatic carbocycles. The number of hydrogen-bond donors (Lipinski definition) is 0. The second-order valence-corrected chi connectivity index (χ2v) is 4.90. The summed E-state index contributed by atoms with van der Waals surface area (Å²) in [7, 11) is 1.58. The molecule has 4 heteroatoms. The first-order chi connectivity index (χ1) is 10.7. The first-order valence-electron chi connectivity index (χ1n) is 6.89. The van der Waals surface area contributed by atoms with Gasteiger partial charge >= 0.3 is 0 Å². The van der Waals surface area contributed by atoms with Crippen LogP contribution in [0.5, 0.6) is 5.75 Å². The number of nitrogens with zero attached hydrogens (tertiary/aromatic N) is 2. The Morgan fingerprint density at radius 1 is 1.18 bits per heavy atom. The quantitative estimate of drug-likeness (QED) is 0.853. The average Bonchev–Trinajstić information content (AvgIpc) is 2.60. The van der Waals surface area contributed by atoms with Crippen LogP contribution < -0.4 is 9.64 Å². The molecule has 0 saturated carbocycles. The van der Waals surface area contributed by atoms with Gasteiger partial charge in [0.15, 0.2) is 0 Å². The van der Waals surface area contributed by atoms with E-state index in [9.17, 15) is 10.1 Å². The van der Waals surface area contributed by atoms with Crippen molar-refractivity contribution < 1.29 is 9.53 Å². The monoisotopic (exact) mass is 290 g/mol. The van der Waals surface area contributed by atoms with Crippen LogP contribution in [0.1, 0.15) is 15.9 Å². The standard InChI is InChI=1S/C18H14N2O2/c1-22-16-10-7-14(8-11-16)18(21)20-15(12-19)9-6-13-4-2-3-5-17(13)20/h2-11,15H,1H3/t15-/m1/s1. The molecule has 3 rings (SSSR count). The molecule has 1 atom stereocenters. The average molecular weight is 290 g/mol. The molecule has 108 valence electrons. The van der Waals surface area contributed by atoms with Crippen molar-refractivity contribution in [3.8, 4) is 11.8 Å². The zero-order valence-electron chi connectivity index (χ0n) is 12.1. The lowest BCUT2D eigenvalue weighted by molar-refractivity contribution is 0.0985. The van der Waals surface area contributed by atoms with E-state index in [0.29, 0.717) is 11.3 Å². The highest BCUT2D eigenvalue weighted by Gasteiger charge is 2.28. The fourth-order valence-electron chi connectivity index (χ4n) is 2.49. The van der Waals surface area contributed by atoms with E-state index >= 15 is 0 Å². The van der Waals surface area contributed by atoms with Crippen molar-refractivity contribution in [1.82, 2.24) is 0 Å². The largest absolute Gasteiger partial charge is 0.497 e. The zero-order chi connectivity index (χ0) is 15.5. The lowest BCUT2D eigenvalue weighted by Crippen LogP contribution is -2.40. The summed E-state index contributed by atoms with van der Waals surface area (Å²) in [5.41, 5.74) is 2.19. The number of rotatable bonds is 2. The first kappa shape index (κ1) is 13.9. The molecule has 0 saturated heterocycles. The van der Waals surface area contributed by atoms with E-state index in [4.69, 9.17) is 4.74 Å². The molecule has 0 radical (unpaired) electrons. The van der Waals surface area contributed by atoms with Gasteiger partial charge in [-0.05, 0) is 42.0 Å². The van der Waals surface area contributed by atoms with Gasteiger partial charge in [0, 0.05) is 5.56 Å². The molecule has 0 N–H and O–H groups in total. The van der Waals surface area contributed by atoms with Gasteiger partial charge in [-0.1, -0.05) is 24.3 Å². The molecule has 22 heavy (non-hydrogen) atoms. The van der Waals surface area contributed by atoms with E-state index in [0.717, 1.165) is 11.3 Å². The minimum atomic E-state index is -0.607. The van der Waals surface area contributed by atoms with Gasteiger partial charge in [-0.15, -0.1) is 0 Å². The molecular weight excluding hydrogens is 276 g/mol. The molecule has 1 aliphatic heterocycles. The van der Waals surface area contributed by atoms with Crippen LogP contribution in [0.2, 0.25) is 0 Å². The van der Waals surface area contributed by atoms with Crippen LogP contribution in [-0.4, -0.2) is 19.1 Å². The van der Waals surface area contributed by atoms with E-state index in [2.05, 4.69) is 6.07 Å². The number of carbonyl (C=O) groups is 1. The number of fused-ring (bicyclic) bond motifs is 1. The van der Waals surface area contributed by atoms with Crippen LogP contribution in [0, 0.1) is 11.3 Å². The summed E-state index contributed by atoms with van der Waals surface area (Å²) in [4.78, 5) is 14.4. The fourth-order valence-corrected chi connectivity index (χ4v) is 2.49. The molecule has 1 amide bonds. The summed E-state index contributed by atoms with van der Waals surface area (Å²) in [6.07, 6.45) is 3.62. The molecule has 0 spiro atoms. The first-order valence-corrected chi connectivity index (χ1v) is 6.89. The smallest absolute Gasteiger partial charge is 0.259 e. The summed E-state index contributed by atoms with van der Waals surface area (Å²) >= 11 is 0. The van der Waals surface area contributed by atoms with E-state index in [1.54, 1.807) is 37.5 Å². The summed E-state index contributed by atoms with van der Waals surface area (Å²) in [6, 6.07) is 16.0. The number of hydrogen-bond acceptors (Lipinski definition) is 3. The third-order valence-electron chi connectivity index (χ3n) is 3.62. The Bertz CT molecular complexity index is 772. The number of methoxy groups -OCH3 is 1. The van der Waals surface area contributed by atoms with Crippen LogP contribution in [0.4, 0.5) is 5.69 Å². The fraction of sp³-hybridized carbons (Fsp3) is 0.111. The van der Waals surface area contributed by atoms with Gasteiger partial charge < -0.3 is 4.74 Å². The molecular formula is C18H14N2O2. The van der Waals surface area contributed by atoms with Crippen molar-refractivity contribution in [3.63, 3.8) is 0 Å². The van der Waals surface area contributed by atoms with Gasteiger partial charge in [0.2, 0.25) is 0 Å². The Morgan fingerprint density at radius 3 is 2.59 bits per heavy atom. The maximum atomic E-state index is 12.8. The second-order valence-electron chi connectivity index (χ2n) is 4.90. The number of para-hydroxylation sites is 1. The lowest BCUT2D eigenvalue weighted by atomic mass is 10.0. The normalized spacial score (nSPS) is 15.8. The van der Waals surface area contributed by atoms with Crippen molar-refractivity contribution >= 4 is 17.7 Å². The van der Waals surface area contributed by atoms with E-state index in [-0.39, 0.29) is 5.91 Å². The number of nitriles is 1. The zero-order valence-corrected chi connectivity index (χ0v) is 12.1. The van der Waals surface area contributed by atoms with Crippen LogP contribution in [0.15, 0.2) is 54.6 Å². The summed E-state index contributed by atoms with van der Waals surface area (Å²) in [5.74, 6) is 0.485. The maximum Gasteiger partial charge on any atom is 0.259 e. The predicted octanol–water partition coefficient (Wildman–Crippen LogP) is 3.26. The Labute approximate surface area is 128 Å². The molecule has 0 aromatic heterocycles. The van der Waals surface area contributed by atoms with E-state index in [1.165, 1.54) is 4.90 Å². The third-order valence-corrected chi connectivity index (χ3v) is 3.62. The molecule has 4 nitrogen and oxygen atoms in total. The number of benzene rings is 2. The summed E-state index contributed by atoms with van der Waals surface area (Å²) in [6.45, 7) is 0. The number of amides is 1. The number of ether oxygens (including phenoxy) is 1. The molecule has 0 bridgehead atoms. The summed E-state index contributed by atoms with van der Waals surface area (Å²) < 4.78 is 5.10. The second kappa shape index (κ2) is 5.74.